The standard InChI is InChI=1S/C13H17BrN2S/c1-3-10-6-11(14)4-5-12(10)16-13-15-7-9(2)8-17-13/h4-6,9H,3,7-8H2,1-2H3,(H,15,16). The van der Waals surface area contributed by atoms with E-state index in [0.717, 1.165) is 28.4 Å². The number of amidine groups is 1. The highest BCUT2D eigenvalue weighted by molar-refractivity contribution is 9.10. The summed E-state index contributed by atoms with van der Waals surface area (Å²) in [7, 11) is 0. The molecule has 1 aromatic carbocycles. The van der Waals surface area contributed by atoms with Crippen LogP contribution in [0.25, 0.3) is 0 Å². The Morgan fingerprint density at radius 3 is 3.00 bits per heavy atom. The van der Waals surface area contributed by atoms with Gasteiger partial charge < -0.3 is 5.32 Å². The topological polar surface area (TPSA) is 24.4 Å². The Kier molecular flexibility index (Phi) is 4.51. The van der Waals surface area contributed by atoms with E-state index < -0.39 is 0 Å². The van der Waals surface area contributed by atoms with Gasteiger partial charge in [-0.15, -0.1) is 0 Å². The molecule has 0 fully saturated rings. The number of nitrogens with zero attached hydrogens (tertiary/aromatic N) is 1. The van der Waals surface area contributed by atoms with Crippen LogP contribution < -0.4 is 5.32 Å². The molecule has 0 amide bonds. The van der Waals surface area contributed by atoms with Crippen LogP contribution in [0.2, 0.25) is 0 Å². The summed E-state index contributed by atoms with van der Waals surface area (Å²) in [4.78, 5) is 4.56. The summed E-state index contributed by atoms with van der Waals surface area (Å²) >= 11 is 5.32. The smallest absolute Gasteiger partial charge is 0.161 e. The third kappa shape index (κ3) is 3.49. The molecule has 4 heteroatoms. The molecule has 0 spiro atoms. The van der Waals surface area contributed by atoms with Crippen LogP contribution in [0.3, 0.4) is 0 Å². The van der Waals surface area contributed by atoms with Gasteiger partial charge in [0.2, 0.25) is 0 Å². The van der Waals surface area contributed by atoms with Crippen molar-refractivity contribution < 1.29 is 0 Å². The molecule has 17 heavy (non-hydrogen) atoms. The normalized spacial score (nSPS) is 19.9. The van der Waals surface area contributed by atoms with Crippen LogP contribution >= 0.6 is 27.7 Å². The second-order valence-corrected chi connectivity index (χ2v) is 6.27. The number of aliphatic imine (C=N–C) groups is 1. The van der Waals surface area contributed by atoms with Crippen molar-refractivity contribution in [2.24, 2.45) is 10.9 Å². The summed E-state index contributed by atoms with van der Waals surface area (Å²) < 4.78 is 1.13. The molecule has 2 nitrogen and oxygen atoms in total. The van der Waals surface area contributed by atoms with Gasteiger partial charge >= 0.3 is 0 Å². The van der Waals surface area contributed by atoms with Crippen LogP contribution in [0, 0.1) is 5.92 Å². The van der Waals surface area contributed by atoms with Crippen LogP contribution in [0.15, 0.2) is 27.7 Å². The fraction of sp³-hybridized carbons (Fsp3) is 0.462. The number of thioether (sulfide) groups is 1. The second kappa shape index (κ2) is 5.91. The predicted octanol–water partition coefficient (Wildman–Crippen LogP) is 4.16. The maximum Gasteiger partial charge on any atom is 0.161 e. The van der Waals surface area contributed by atoms with E-state index in [0.29, 0.717) is 5.92 Å². The number of hydrogen-bond acceptors (Lipinski definition) is 3. The van der Waals surface area contributed by atoms with E-state index in [2.05, 4.69) is 58.3 Å². The average Bonchev–Trinajstić information content (AvgIpc) is 2.34. The molecule has 1 atom stereocenters. The quantitative estimate of drug-likeness (QED) is 0.886. The van der Waals surface area contributed by atoms with Gasteiger partial charge in [-0.25, -0.2) is 0 Å². The van der Waals surface area contributed by atoms with Gasteiger partial charge in [-0.2, -0.15) is 0 Å². The van der Waals surface area contributed by atoms with Crippen molar-refractivity contribution in [1.82, 2.24) is 0 Å². The Balaban J connectivity index is 2.13. The zero-order chi connectivity index (χ0) is 12.3. The molecule has 0 saturated carbocycles. The molecule has 1 aliphatic heterocycles. The van der Waals surface area contributed by atoms with Gasteiger partial charge in [-0.3, -0.25) is 4.99 Å². The van der Waals surface area contributed by atoms with Gasteiger partial charge in [-0.05, 0) is 36.1 Å². The van der Waals surface area contributed by atoms with Gasteiger partial charge in [0, 0.05) is 22.5 Å². The van der Waals surface area contributed by atoms with E-state index in [1.165, 1.54) is 11.3 Å². The van der Waals surface area contributed by atoms with Gasteiger partial charge in [0.05, 0.1) is 0 Å². The maximum atomic E-state index is 4.56. The van der Waals surface area contributed by atoms with Crippen LogP contribution in [0.4, 0.5) is 5.69 Å². The van der Waals surface area contributed by atoms with E-state index in [1.54, 1.807) is 0 Å². The number of rotatable bonds is 2. The number of hydrogen-bond donors (Lipinski definition) is 1. The Bertz CT molecular complexity index is 431. The van der Waals surface area contributed by atoms with Gasteiger partial charge in [-0.1, -0.05) is 41.5 Å². The fourth-order valence-electron chi connectivity index (χ4n) is 1.73. The summed E-state index contributed by atoms with van der Waals surface area (Å²) in [6, 6.07) is 6.35. The molecule has 0 aliphatic carbocycles. The lowest BCUT2D eigenvalue weighted by Gasteiger charge is -2.19. The lowest BCUT2D eigenvalue weighted by atomic mass is 10.1. The van der Waals surface area contributed by atoms with Crippen molar-refractivity contribution in [2.45, 2.75) is 20.3 Å². The van der Waals surface area contributed by atoms with Crippen LogP contribution in [-0.2, 0) is 6.42 Å². The Labute approximate surface area is 115 Å². The van der Waals surface area contributed by atoms with E-state index in [1.807, 2.05) is 11.8 Å². The van der Waals surface area contributed by atoms with Gasteiger partial charge in [0.15, 0.2) is 5.17 Å². The highest BCUT2D eigenvalue weighted by atomic mass is 79.9. The van der Waals surface area contributed by atoms with E-state index in [4.69, 9.17) is 0 Å². The first-order valence-corrected chi connectivity index (χ1v) is 7.69. The lowest BCUT2D eigenvalue weighted by molar-refractivity contribution is 0.674. The van der Waals surface area contributed by atoms with E-state index in [-0.39, 0.29) is 0 Å². The van der Waals surface area contributed by atoms with Crippen molar-refractivity contribution in [3.05, 3.63) is 28.2 Å². The minimum absolute atomic E-state index is 0.695. The van der Waals surface area contributed by atoms with Crippen LogP contribution in [0.1, 0.15) is 19.4 Å². The SMILES string of the molecule is CCc1cc(Br)ccc1NC1=NCC(C)CS1. The minimum Gasteiger partial charge on any atom is -0.335 e. The summed E-state index contributed by atoms with van der Waals surface area (Å²) in [6.07, 6.45) is 1.02. The predicted molar refractivity (Wildman–Crippen MR) is 81.1 cm³/mol. The average molecular weight is 313 g/mol. The fourth-order valence-corrected chi connectivity index (χ4v) is 3.03. The molecule has 1 unspecified atom stereocenters. The van der Waals surface area contributed by atoms with Crippen molar-refractivity contribution in [3.63, 3.8) is 0 Å². The van der Waals surface area contributed by atoms with Crippen LogP contribution in [-0.4, -0.2) is 17.5 Å². The molecule has 1 N–H and O–H groups in total. The molecule has 92 valence electrons. The minimum atomic E-state index is 0.695. The molecule has 0 aromatic heterocycles. The largest absolute Gasteiger partial charge is 0.335 e. The number of aryl methyl sites for hydroxylation is 1. The summed E-state index contributed by atoms with van der Waals surface area (Å²) in [5, 5.41) is 4.50. The van der Waals surface area contributed by atoms with Crippen molar-refractivity contribution in [3.8, 4) is 0 Å². The van der Waals surface area contributed by atoms with Crippen molar-refractivity contribution in [2.75, 3.05) is 17.6 Å². The first-order chi connectivity index (χ1) is 8.19. The molecule has 0 bridgehead atoms. The first kappa shape index (κ1) is 13.0. The molecular weight excluding hydrogens is 296 g/mol. The number of benzene rings is 1. The molecule has 0 radical (unpaired) electrons. The van der Waals surface area contributed by atoms with Gasteiger partial charge in [0.25, 0.3) is 0 Å². The third-order valence-corrected chi connectivity index (χ3v) is 4.47. The van der Waals surface area contributed by atoms with Crippen LogP contribution in [0.5, 0.6) is 0 Å². The maximum absolute atomic E-state index is 4.56. The number of anilines is 1. The Morgan fingerprint density at radius 2 is 2.35 bits per heavy atom. The van der Waals surface area contributed by atoms with E-state index in [9.17, 15) is 0 Å². The van der Waals surface area contributed by atoms with Crippen molar-refractivity contribution >= 4 is 38.5 Å². The zero-order valence-electron chi connectivity index (χ0n) is 10.2. The first-order valence-electron chi connectivity index (χ1n) is 5.91. The third-order valence-electron chi connectivity index (χ3n) is 2.74. The molecule has 1 aromatic rings. The monoisotopic (exact) mass is 312 g/mol. The molecule has 2 rings (SSSR count). The summed E-state index contributed by atoms with van der Waals surface area (Å²) in [5.74, 6) is 1.85. The molecule has 1 aliphatic rings. The lowest BCUT2D eigenvalue weighted by Crippen LogP contribution is -2.19. The summed E-state index contributed by atoms with van der Waals surface area (Å²) in [5.41, 5.74) is 2.50. The molecule has 0 saturated heterocycles. The Morgan fingerprint density at radius 1 is 1.53 bits per heavy atom. The number of nitrogens with one attached hydrogen (secondary N) is 1. The molecular formula is C13H17BrN2S. The second-order valence-electron chi connectivity index (χ2n) is 4.34. The van der Waals surface area contributed by atoms with Gasteiger partial charge in [0.1, 0.15) is 0 Å². The number of halogens is 1. The highest BCUT2D eigenvalue weighted by Crippen LogP contribution is 2.24. The summed E-state index contributed by atoms with van der Waals surface area (Å²) in [6.45, 7) is 5.35. The Hall–Kier alpha value is -0.480. The molecule has 1 heterocycles. The highest BCUT2D eigenvalue weighted by Gasteiger charge is 2.13. The van der Waals surface area contributed by atoms with Crippen molar-refractivity contribution in [1.29, 1.82) is 0 Å². The van der Waals surface area contributed by atoms with E-state index >= 15 is 0 Å². The zero-order valence-corrected chi connectivity index (χ0v) is 12.6.